The van der Waals surface area contributed by atoms with Crippen LogP contribution in [0.2, 0.25) is 0 Å². The Morgan fingerprint density at radius 3 is 2.62 bits per heavy atom. The van der Waals surface area contributed by atoms with Crippen molar-refractivity contribution in [3.05, 3.63) is 53.8 Å². The number of hydrogen-bond acceptors (Lipinski definition) is 5. The minimum atomic E-state index is -3.88. The molecule has 6 nitrogen and oxygen atoms in total. The predicted octanol–water partition coefficient (Wildman–Crippen LogP) is 2.45. The number of anilines is 1. The zero-order valence-corrected chi connectivity index (χ0v) is 14.8. The second-order valence-electron chi connectivity index (χ2n) is 5.76. The molecule has 0 aliphatic carbocycles. The molecule has 1 N–H and O–H groups in total. The van der Waals surface area contributed by atoms with Crippen LogP contribution in [0.5, 0.6) is 0 Å². The van der Waals surface area contributed by atoms with Crippen molar-refractivity contribution < 1.29 is 13.0 Å². The lowest BCUT2D eigenvalue weighted by molar-refractivity contribution is 0.405. The molecule has 0 unspecified atom stereocenters. The number of nitrogens with zero attached hydrogens (tertiary/aromatic N) is 3. The maximum atomic E-state index is 10.7. The SMILES string of the molecule is Cc1ccc(N(C)N=CC2=CCN(CCCS(=O)(=O)O)C=C2)cc1. The molecule has 2 rings (SSSR count). The summed E-state index contributed by atoms with van der Waals surface area (Å²) in [7, 11) is -1.98. The van der Waals surface area contributed by atoms with Crippen LogP contribution in [0.25, 0.3) is 0 Å². The van der Waals surface area contributed by atoms with Gasteiger partial charge in [0.1, 0.15) is 0 Å². The van der Waals surface area contributed by atoms with E-state index in [0.29, 0.717) is 19.5 Å². The van der Waals surface area contributed by atoms with Crippen molar-refractivity contribution in [2.24, 2.45) is 5.10 Å². The van der Waals surface area contributed by atoms with Crippen LogP contribution in [0.3, 0.4) is 0 Å². The summed E-state index contributed by atoms with van der Waals surface area (Å²) in [6.45, 7) is 3.32. The summed E-state index contributed by atoms with van der Waals surface area (Å²) >= 11 is 0. The fourth-order valence-electron chi connectivity index (χ4n) is 2.24. The molecule has 1 aromatic rings. The van der Waals surface area contributed by atoms with Crippen LogP contribution < -0.4 is 5.01 Å². The number of rotatable bonds is 7. The molecule has 0 bridgehead atoms. The quantitative estimate of drug-likeness (QED) is 0.465. The summed E-state index contributed by atoms with van der Waals surface area (Å²) in [5, 5.41) is 6.24. The molecule has 0 radical (unpaired) electrons. The molecule has 1 aliphatic rings. The molecule has 7 heteroatoms. The first-order valence-electron chi connectivity index (χ1n) is 7.75. The maximum Gasteiger partial charge on any atom is 0.264 e. The number of benzene rings is 1. The average molecular weight is 349 g/mol. The third-order valence-corrected chi connectivity index (χ3v) is 4.48. The van der Waals surface area contributed by atoms with Crippen molar-refractivity contribution in [1.29, 1.82) is 0 Å². The first-order chi connectivity index (χ1) is 11.3. The Bertz CT molecular complexity index is 737. The summed E-state index contributed by atoms with van der Waals surface area (Å²) in [6.07, 6.45) is 8.07. The standard InChI is InChI=1S/C17H23N3O3S/c1-15-4-6-17(7-5-15)19(2)18-14-16-8-11-20(12-9-16)10-3-13-24(21,22)23/h4-9,11,14H,3,10,12-13H2,1-2H3,(H,21,22,23). The second kappa shape index (κ2) is 8.12. The van der Waals surface area contributed by atoms with Gasteiger partial charge >= 0.3 is 0 Å². The first kappa shape index (κ1) is 18.2. The van der Waals surface area contributed by atoms with E-state index in [1.165, 1.54) is 5.56 Å². The molecule has 0 saturated heterocycles. The Morgan fingerprint density at radius 1 is 1.33 bits per heavy atom. The van der Waals surface area contributed by atoms with E-state index in [1.54, 1.807) is 6.21 Å². The van der Waals surface area contributed by atoms with Crippen LogP contribution in [0.1, 0.15) is 12.0 Å². The van der Waals surface area contributed by atoms with Crippen molar-refractivity contribution in [1.82, 2.24) is 4.90 Å². The van der Waals surface area contributed by atoms with E-state index in [1.807, 2.05) is 66.5 Å². The first-order valence-corrected chi connectivity index (χ1v) is 9.36. The molecule has 24 heavy (non-hydrogen) atoms. The monoisotopic (exact) mass is 349 g/mol. The van der Waals surface area contributed by atoms with E-state index in [0.717, 1.165) is 11.3 Å². The smallest absolute Gasteiger partial charge is 0.264 e. The molecular formula is C17H23N3O3S. The average Bonchev–Trinajstić information content (AvgIpc) is 2.53. The highest BCUT2D eigenvalue weighted by Gasteiger charge is 2.07. The molecule has 0 atom stereocenters. The zero-order chi connectivity index (χ0) is 17.6. The van der Waals surface area contributed by atoms with E-state index in [-0.39, 0.29) is 5.75 Å². The minimum absolute atomic E-state index is 0.212. The summed E-state index contributed by atoms with van der Waals surface area (Å²) in [5.41, 5.74) is 3.23. The van der Waals surface area contributed by atoms with E-state index < -0.39 is 10.1 Å². The summed E-state index contributed by atoms with van der Waals surface area (Å²) in [5.74, 6) is -0.212. The van der Waals surface area contributed by atoms with Gasteiger partial charge < -0.3 is 4.90 Å². The number of hydrazone groups is 1. The van der Waals surface area contributed by atoms with Gasteiger partial charge in [-0.25, -0.2) is 0 Å². The third-order valence-electron chi connectivity index (χ3n) is 3.67. The van der Waals surface area contributed by atoms with Gasteiger partial charge in [0.05, 0.1) is 17.7 Å². The van der Waals surface area contributed by atoms with Crippen molar-refractivity contribution in [2.75, 3.05) is 30.9 Å². The van der Waals surface area contributed by atoms with Gasteiger partial charge in [0, 0.05) is 20.1 Å². The Labute approximate surface area is 143 Å². The Balaban J connectivity index is 1.82. The van der Waals surface area contributed by atoms with Gasteiger partial charge in [-0.2, -0.15) is 13.5 Å². The molecule has 0 amide bonds. The van der Waals surface area contributed by atoms with E-state index in [9.17, 15) is 8.42 Å². The summed E-state index contributed by atoms with van der Waals surface area (Å²) in [6, 6.07) is 8.14. The van der Waals surface area contributed by atoms with Crippen LogP contribution in [0.4, 0.5) is 5.69 Å². The normalized spacial score (nSPS) is 15.0. The lowest BCUT2D eigenvalue weighted by atomic mass is 10.2. The second-order valence-corrected chi connectivity index (χ2v) is 7.33. The molecule has 0 spiro atoms. The Hall–Kier alpha value is -2.12. The lowest BCUT2D eigenvalue weighted by Crippen LogP contribution is -2.23. The van der Waals surface area contributed by atoms with Crippen molar-refractivity contribution in [3.8, 4) is 0 Å². The van der Waals surface area contributed by atoms with Gasteiger partial charge in [0.15, 0.2) is 0 Å². The third kappa shape index (κ3) is 6.17. The fraction of sp³-hybridized carbons (Fsp3) is 0.353. The number of hydrogen-bond donors (Lipinski definition) is 1. The lowest BCUT2D eigenvalue weighted by Gasteiger charge is -2.21. The highest BCUT2D eigenvalue weighted by molar-refractivity contribution is 7.85. The molecule has 1 aromatic carbocycles. The van der Waals surface area contributed by atoms with Crippen LogP contribution in [-0.4, -0.2) is 50.0 Å². The molecule has 1 aliphatic heterocycles. The van der Waals surface area contributed by atoms with Crippen molar-refractivity contribution >= 4 is 22.0 Å². The summed E-state index contributed by atoms with van der Waals surface area (Å²) in [4.78, 5) is 1.99. The van der Waals surface area contributed by atoms with Crippen molar-refractivity contribution in [2.45, 2.75) is 13.3 Å². The molecule has 130 valence electrons. The van der Waals surface area contributed by atoms with Gasteiger partial charge in [0.2, 0.25) is 0 Å². The van der Waals surface area contributed by atoms with Gasteiger partial charge in [-0.1, -0.05) is 23.8 Å². The van der Waals surface area contributed by atoms with Crippen molar-refractivity contribution in [3.63, 3.8) is 0 Å². The predicted molar refractivity (Wildman–Crippen MR) is 97.9 cm³/mol. The van der Waals surface area contributed by atoms with Gasteiger partial charge in [-0.15, -0.1) is 0 Å². The van der Waals surface area contributed by atoms with Crippen LogP contribution in [-0.2, 0) is 10.1 Å². The van der Waals surface area contributed by atoms with Gasteiger partial charge in [-0.05, 0) is 43.3 Å². The van der Waals surface area contributed by atoms with E-state index >= 15 is 0 Å². The molecular weight excluding hydrogens is 326 g/mol. The molecule has 1 heterocycles. The topological polar surface area (TPSA) is 73.2 Å². The molecule has 0 saturated carbocycles. The maximum absolute atomic E-state index is 10.7. The minimum Gasteiger partial charge on any atom is -0.374 e. The van der Waals surface area contributed by atoms with Crippen LogP contribution >= 0.6 is 0 Å². The largest absolute Gasteiger partial charge is 0.374 e. The molecule has 0 fully saturated rings. The van der Waals surface area contributed by atoms with Crippen LogP contribution in [0.15, 0.2) is 53.3 Å². The highest BCUT2D eigenvalue weighted by atomic mass is 32.2. The van der Waals surface area contributed by atoms with E-state index in [4.69, 9.17) is 4.55 Å². The number of aryl methyl sites for hydroxylation is 1. The van der Waals surface area contributed by atoms with Gasteiger partial charge in [-0.3, -0.25) is 9.56 Å². The number of allylic oxidation sites excluding steroid dienone is 2. The van der Waals surface area contributed by atoms with Gasteiger partial charge in [0.25, 0.3) is 10.1 Å². The Kier molecular flexibility index (Phi) is 6.16. The zero-order valence-electron chi connectivity index (χ0n) is 14.0. The highest BCUT2D eigenvalue weighted by Crippen LogP contribution is 2.14. The summed E-state index contributed by atoms with van der Waals surface area (Å²) < 4.78 is 30.1. The fourth-order valence-corrected chi connectivity index (χ4v) is 2.73. The molecule has 0 aromatic heterocycles. The van der Waals surface area contributed by atoms with Crippen LogP contribution in [0, 0.1) is 6.92 Å². The Morgan fingerprint density at radius 2 is 2.04 bits per heavy atom. The van der Waals surface area contributed by atoms with E-state index in [2.05, 4.69) is 5.10 Å².